The lowest BCUT2D eigenvalue weighted by atomic mass is 9.98. The summed E-state index contributed by atoms with van der Waals surface area (Å²) in [7, 11) is 0. The van der Waals surface area contributed by atoms with Crippen molar-refractivity contribution in [2.75, 3.05) is 6.61 Å². The number of ether oxygens (including phenoxy) is 2. The van der Waals surface area contributed by atoms with Gasteiger partial charge in [0.05, 0.1) is 12.7 Å². The molecule has 0 spiro atoms. The highest BCUT2D eigenvalue weighted by atomic mass is 35.5. The Bertz CT molecular complexity index is 792. The number of hydrogen-bond acceptors (Lipinski definition) is 3. The maximum atomic E-state index is 11.8. The van der Waals surface area contributed by atoms with Crippen molar-refractivity contribution in [3.05, 3.63) is 76.5 Å². The molecule has 0 aliphatic carbocycles. The molecule has 4 heteroatoms. The van der Waals surface area contributed by atoms with Crippen LogP contribution in [0.25, 0.3) is 11.6 Å². The van der Waals surface area contributed by atoms with Gasteiger partial charge in [-0.15, -0.1) is 0 Å². The molecule has 0 atom stereocenters. The Morgan fingerprint density at radius 2 is 2.00 bits per heavy atom. The van der Waals surface area contributed by atoms with Crippen LogP contribution < -0.4 is 4.74 Å². The van der Waals surface area contributed by atoms with Crippen LogP contribution in [-0.2, 0) is 9.53 Å². The van der Waals surface area contributed by atoms with E-state index in [9.17, 15) is 4.79 Å². The summed E-state index contributed by atoms with van der Waals surface area (Å²) in [4.78, 5) is 11.8. The van der Waals surface area contributed by atoms with Gasteiger partial charge in [-0.05, 0) is 36.8 Å². The molecule has 0 saturated heterocycles. The lowest BCUT2D eigenvalue weighted by molar-refractivity contribution is -0.137. The Morgan fingerprint density at radius 1 is 1.22 bits per heavy atom. The molecular formula is C19H15ClO3. The molecule has 3 nitrogen and oxygen atoms in total. The van der Waals surface area contributed by atoms with Crippen LogP contribution in [-0.4, -0.2) is 12.6 Å². The monoisotopic (exact) mass is 326 g/mol. The van der Waals surface area contributed by atoms with Crippen molar-refractivity contribution in [3.8, 4) is 5.75 Å². The van der Waals surface area contributed by atoms with E-state index in [0.717, 1.165) is 16.7 Å². The largest absolute Gasteiger partial charge is 0.463 e. The highest BCUT2D eigenvalue weighted by Gasteiger charge is 2.20. The van der Waals surface area contributed by atoms with E-state index in [1.165, 1.54) is 6.08 Å². The van der Waals surface area contributed by atoms with Crippen molar-refractivity contribution in [2.45, 2.75) is 6.92 Å². The molecule has 0 unspecified atom stereocenters. The maximum Gasteiger partial charge on any atom is 0.334 e. The van der Waals surface area contributed by atoms with E-state index < -0.39 is 5.97 Å². The van der Waals surface area contributed by atoms with Crippen LogP contribution in [0.1, 0.15) is 18.1 Å². The van der Waals surface area contributed by atoms with E-state index in [1.54, 1.807) is 19.1 Å². The third-order valence-corrected chi connectivity index (χ3v) is 3.61. The van der Waals surface area contributed by atoms with Crippen LogP contribution in [0.4, 0.5) is 0 Å². The van der Waals surface area contributed by atoms with Gasteiger partial charge in [0, 0.05) is 16.2 Å². The van der Waals surface area contributed by atoms with Gasteiger partial charge < -0.3 is 9.47 Å². The molecule has 0 saturated carbocycles. The first-order valence-corrected chi connectivity index (χ1v) is 7.68. The van der Waals surface area contributed by atoms with E-state index in [-0.39, 0.29) is 0 Å². The van der Waals surface area contributed by atoms with Crippen molar-refractivity contribution in [3.63, 3.8) is 0 Å². The zero-order chi connectivity index (χ0) is 16.2. The maximum absolute atomic E-state index is 11.8. The molecule has 3 rings (SSSR count). The first-order chi connectivity index (χ1) is 11.2. The fraction of sp³-hybridized carbons (Fsp3) is 0.105. The Kier molecular flexibility index (Phi) is 4.49. The molecule has 0 aromatic heterocycles. The molecule has 1 heterocycles. The van der Waals surface area contributed by atoms with Crippen LogP contribution in [0.15, 0.2) is 60.4 Å². The second-order valence-electron chi connectivity index (χ2n) is 4.97. The van der Waals surface area contributed by atoms with E-state index in [4.69, 9.17) is 21.1 Å². The first-order valence-electron chi connectivity index (χ1n) is 7.30. The summed E-state index contributed by atoms with van der Waals surface area (Å²) in [6.45, 7) is 2.09. The number of benzene rings is 2. The Labute approximate surface area is 139 Å². The van der Waals surface area contributed by atoms with Crippen LogP contribution >= 0.6 is 11.6 Å². The van der Waals surface area contributed by atoms with E-state index >= 15 is 0 Å². The molecule has 0 amide bonds. The summed E-state index contributed by atoms with van der Waals surface area (Å²) in [6.07, 6.45) is 3.34. The number of esters is 1. The van der Waals surface area contributed by atoms with Crippen LogP contribution in [0.3, 0.4) is 0 Å². The zero-order valence-corrected chi connectivity index (χ0v) is 13.3. The molecule has 2 aromatic carbocycles. The second kappa shape index (κ2) is 6.71. The van der Waals surface area contributed by atoms with Gasteiger partial charge in [0.25, 0.3) is 0 Å². The van der Waals surface area contributed by atoms with E-state index in [1.807, 2.05) is 42.5 Å². The molecule has 23 heavy (non-hydrogen) atoms. The first kappa shape index (κ1) is 15.4. The van der Waals surface area contributed by atoms with Crippen LogP contribution in [0, 0.1) is 0 Å². The molecular weight excluding hydrogens is 312 g/mol. The van der Waals surface area contributed by atoms with Crippen LogP contribution in [0.2, 0.25) is 5.02 Å². The van der Waals surface area contributed by atoms with Crippen molar-refractivity contribution >= 4 is 29.2 Å². The lowest BCUT2D eigenvalue weighted by Gasteiger charge is -2.21. The highest BCUT2D eigenvalue weighted by Crippen LogP contribution is 2.37. The molecule has 2 aromatic rings. The zero-order valence-electron chi connectivity index (χ0n) is 12.6. The fourth-order valence-corrected chi connectivity index (χ4v) is 2.55. The van der Waals surface area contributed by atoms with E-state index in [0.29, 0.717) is 23.1 Å². The van der Waals surface area contributed by atoms with E-state index in [2.05, 4.69) is 0 Å². The van der Waals surface area contributed by atoms with Gasteiger partial charge in [0.2, 0.25) is 0 Å². The molecule has 0 radical (unpaired) electrons. The van der Waals surface area contributed by atoms with Gasteiger partial charge >= 0.3 is 5.97 Å². The lowest BCUT2D eigenvalue weighted by Crippen LogP contribution is -2.09. The standard InChI is InChI=1S/C19H15ClO3/c1-2-22-19(21)12-18-16(13-6-4-3-5-7-13)11-14-10-15(20)8-9-17(14)23-18/h3-12H,2H2,1H3/b18-12-. The Balaban J connectivity index is 2.09. The fourth-order valence-electron chi connectivity index (χ4n) is 2.37. The molecule has 1 aliphatic heterocycles. The summed E-state index contributed by atoms with van der Waals surface area (Å²) in [5.41, 5.74) is 2.64. The average Bonchev–Trinajstić information content (AvgIpc) is 2.55. The van der Waals surface area contributed by atoms with Gasteiger partial charge in [-0.2, -0.15) is 0 Å². The predicted octanol–water partition coefficient (Wildman–Crippen LogP) is 4.72. The highest BCUT2D eigenvalue weighted by molar-refractivity contribution is 6.30. The van der Waals surface area contributed by atoms with Gasteiger partial charge in [-0.1, -0.05) is 41.9 Å². The van der Waals surface area contributed by atoms with Crippen LogP contribution in [0.5, 0.6) is 5.75 Å². The number of halogens is 1. The Hall–Kier alpha value is -2.52. The average molecular weight is 327 g/mol. The summed E-state index contributed by atoms with van der Waals surface area (Å²) in [5.74, 6) is 0.691. The molecule has 0 bridgehead atoms. The minimum absolute atomic E-state index is 0.319. The smallest absolute Gasteiger partial charge is 0.334 e. The van der Waals surface area contributed by atoms with Gasteiger partial charge in [0.15, 0.2) is 0 Å². The SMILES string of the molecule is CCOC(=O)/C=C1\Oc2ccc(Cl)cc2C=C1c1ccccc1. The molecule has 0 N–H and O–H groups in total. The van der Waals surface area contributed by atoms with Crippen molar-refractivity contribution in [2.24, 2.45) is 0 Å². The number of hydrogen-bond donors (Lipinski definition) is 0. The number of allylic oxidation sites excluding steroid dienone is 1. The number of carbonyl (C=O) groups excluding carboxylic acids is 1. The van der Waals surface area contributed by atoms with Crippen molar-refractivity contribution in [1.82, 2.24) is 0 Å². The number of fused-ring (bicyclic) bond motifs is 1. The minimum atomic E-state index is -0.429. The normalized spacial score (nSPS) is 14.7. The number of carbonyl (C=O) groups is 1. The Morgan fingerprint density at radius 3 is 2.74 bits per heavy atom. The summed E-state index contributed by atoms with van der Waals surface area (Å²) >= 11 is 6.06. The summed E-state index contributed by atoms with van der Waals surface area (Å²) in [6, 6.07) is 15.1. The van der Waals surface area contributed by atoms with Crippen molar-refractivity contribution in [1.29, 1.82) is 0 Å². The summed E-state index contributed by atoms with van der Waals surface area (Å²) in [5, 5.41) is 0.633. The van der Waals surface area contributed by atoms with Gasteiger partial charge in [0.1, 0.15) is 11.5 Å². The predicted molar refractivity (Wildman–Crippen MR) is 91.1 cm³/mol. The second-order valence-corrected chi connectivity index (χ2v) is 5.41. The third-order valence-electron chi connectivity index (χ3n) is 3.38. The quantitative estimate of drug-likeness (QED) is 0.604. The number of rotatable bonds is 3. The van der Waals surface area contributed by atoms with Gasteiger partial charge in [-0.25, -0.2) is 4.79 Å². The minimum Gasteiger partial charge on any atom is -0.463 e. The third kappa shape index (κ3) is 3.46. The van der Waals surface area contributed by atoms with Gasteiger partial charge in [-0.3, -0.25) is 0 Å². The molecule has 1 aliphatic rings. The molecule has 0 fully saturated rings. The summed E-state index contributed by atoms with van der Waals surface area (Å²) < 4.78 is 10.9. The van der Waals surface area contributed by atoms with Crippen molar-refractivity contribution < 1.29 is 14.3 Å². The molecule has 116 valence electrons. The topological polar surface area (TPSA) is 35.5 Å².